The number of benzene rings is 1. The topological polar surface area (TPSA) is 180 Å². The molecule has 3 aromatic rings. The van der Waals surface area contributed by atoms with Crippen LogP contribution in [-0.2, 0) is 0 Å². The summed E-state index contributed by atoms with van der Waals surface area (Å²) in [5, 5.41) is 29.3. The normalized spacial score (nSPS) is 11.0. The first-order valence-corrected chi connectivity index (χ1v) is 7.54. The van der Waals surface area contributed by atoms with Crippen LogP contribution in [-0.4, -0.2) is 42.4 Å². The molecule has 0 unspecified atom stereocenters. The monoisotopic (exact) mass is 391 g/mol. The number of aromatic nitrogens is 5. The van der Waals surface area contributed by atoms with Gasteiger partial charge in [0, 0.05) is 22.7 Å². The van der Waals surface area contributed by atoms with Crippen molar-refractivity contribution in [2.75, 3.05) is 5.73 Å². The van der Waals surface area contributed by atoms with Gasteiger partial charge in [-0.2, -0.15) is 9.78 Å². The first kappa shape index (κ1) is 17.9. The summed E-state index contributed by atoms with van der Waals surface area (Å²) in [6.45, 7) is 1.54. The van der Waals surface area contributed by atoms with Crippen molar-refractivity contribution >= 4 is 35.2 Å². The van der Waals surface area contributed by atoms with Crippen molar-refractivity contribution < 1.29 is 14.3 Å². The Morgan fingerprint density at radius 2 is 2.26 bits per heavy atom. The number of rotatable bonds is 5. The number of hydrazone groups is 1. The fourth-order valence-electron chi connectivity index (χ4n) is 2.06. The number of nitrogen functional groups attached to an aromatic ring is 1. The maximum absolute atomic E-state index is 12.4. The predicted octanol–water partition coefficient (Wildman–Crippen LogP) is 0.866. The highest BCUT2D eigenvalue weighted by Crippen LogP contribution is 2.20. The molecule has 0 bridgehead atoms. The third-order valence-electron chi connectivity index (χ3n) is 3.31. The van der Waals surface area contributed by atoms with Crippen molar-refractivity contribution in [2.24, 2.45) is 5.10 Å². The van der Waals surface area contributed by atoms with Crippen molar-refractivity contribution in [3.05, 3.63) is 50.3 Å². The van der Waals surface area contributed by atoms with Gasteiger partial charge in [0.05, 0.1) is 16.8 Å². The van der Waals surface area contributed by atoms with Crippen LogP contribution in [0.15, 0.2) is 27.9 Å². The molecule has 0 aliphatic heterocycles. The molecule has 1 amide bonds. The summed E-state index contributed by atoms with van der Waals surface area (Å²) in [6.07, 6.45) is 1.17. The Morgan fingerprint density at radius 3 is 2.93 bits per heavy atom. The zero-order valence-electron chi connectivity index (χ0n) is 13.5. The number of nitro benzene ring substituents is 1. The average molecular weight is 392 g/mol. The van der Waals surface area contributed by atoms with Crippen LogP contribution in [0.2, 0.25) is 5.02 Å². The summed E-state index contributed by atoms with van der Waals surface area (Å²) in [5.41, 5.74) is 8.21. The van der Waals surface area contributed by atoms with E-state index in [9.17, 15) is 14.9 Å². The van der Waals surface area contributed by atoms with Gasteiger partial charge < -0.3 is 5.73 Å². The number of halogens is 1. The van der Waals surface area contributed by atoms with Gasteiger partial charge in [-0.05, 0) is 23.3 Å². The number of nitrogens with zero attached hydrogens (tertiary/aromatic N) is 7. The lowest BCUT2D eigenvalue weighted by Crippen LogP contribution is -2.22. The summed E-state index contributed by atoms with van der Waals surface area (Å²) in [7, 11) is 0. The molecule has 0 aliphatic carbocycles. The highest BCUT2D eigenvalue weighted by molar-refractivity contribution is 6.33. The van der Waals surface area contributed by atoms with Gasteiger partial charge in [-0.15, -0.1) is 5.10 Å². The van der Waals surface area contributed by atoms with Crippen LogP contribution in [0.4, 0.5) is 11.5 Å². The molecule has 0 saturated carbocycles. The van der Waals surface area contributed by atoms with Gasteiger partial charge in [0.15, 0.2) is 5.69 Å². The van der Waals surface area contributed by atoms with Crippen molar-refractivity contribution in [2.45, 2.75) is 6.92 Å². The molecule has 0 radical (unpaired) electrons. The lowest BCUT2D eigenvalue weighted by molar-refractivity contribution is -0.384. The molecule has 2 heterocycles. The van der Waals surface area contributed by atoms with E-state index in [4.69, 9.17) is 17.3 Å². The van der Waals surface area contributed by atoms with Crippen LogP contribution < -0.4 is 11.2 Å². The minimum absolute atomic E-state index is 0.000288. The molecule has 1 aromatic carbocycles. The second kappa shape index (κ2) is 7.17. The number of non-ortho nitro benzene ring substituents is 1. The van der Waals surface area contributed by atoms with Crippen molar-refractivity contribution in [1.82, 2.24) is 30.7 Å². The van der Waals surface area contributed by atoms with Gasteiger partial charge in [-0.1, -0.05) is 16.8 Å². The molecule has 0 atom stereocenters. The number of carbonyl (C=O) groups excluding carboxylic acids is 1. The Kier molecular flexibility index (Phi) is 4.76. The first-order chi connectivity index (χ1) is 12.9. The molecule has 3 rings (SSSR count). The highest BCUT2D eigenvalue weighted by atomic mass is 35.5. The van der Waals surface area contributed by atoms with E-state index < -0.39 is 10.8 Å². The van der Waals surface area contributed by atoms with Crippen molar-refractivity contribution in [3.8, 4) is 5.82 Å². The van der Waals surface area contributed by atoms with E-state index in [1.807, 2.05) is 0 Å². The number of carbonyl (C=O) groups is 1. The zero-order chi connectivity index (χ0) is 19.6. The Balaban J connectivity index is 1.83. The van der Waals surface area contributed by atoms with Crippen LogP contribution in [0.1, 0.15) is 21.7 Å². The van der Waals surface area contributed by atoms with Crippen LogP contribution >= 0.6 is 11.6 Å². The third kappa shape index (κ3) is 3.57. The van der Waals surface area contributed by atoms with Crippen LogP contribution in [0.5, 0.6) is 0 Å². The van der Waals surface area contributed by atoms with E-state index in [-0.39, 0.29) is 39.3 Å². The SMILES string of the molecule is Cc1nnn(-c2nonc2N)c1C(=O)N/N=C/c1cc([N+](=O)[O-])ccc1Cl. The zero-order valence-corrected chi connectivity index (χ0v) is 14.3. The summed E-state index contributed by atoms with van der Waals surface area (Å²) in [5.74, 6) is -0.773. The maximum Gasteiger partial charge on any atom is 0.292 e. The molecule has 0 spiro atoms. The Morgan fingerprint density at radius 1 is 1.48 bits per heavy atom. The number of nitrogens with one attached hydrogen (secondary N) is 1. The van der Waals surface area contributed by atoms with E-state index in [0.717, 1.165) is 4.68 Å². The van der Waals surface area contributed by atoms with Gasteiger partial charge in [0.2, 0.25) is 11.6 Å². The lowest BCUT2D eigenvalue weighted by Gasteiger charge is -2.03. The molecule has 0 saturated heterocycles. The molecule has 27 heavy (non-hydrogen) atoms. The molecule has 13 nitrogen and oxygen atoms in total. The fraction of sp³-hybridized carbons (Fsp3) is 0.0769. The number of hydrogen-bond donors (Lipinski definition) is 2. The first-order valence-electron chi connectivity index (χ1n) is 7.16. The van der Waals surface area contributed by atoms with Gasteiger partial charge in [-0.3, -0.25) is 14.9 Å². The van der Waals surface area contributed by atoms with Crippen LogP contribution in [0, 0.1) is 17.0 Å². The van der Waals surface area contributed by atoms with Crippen molar-refractivity contribution in [3.63, 3.8) is 0 Å². The molecule has 0 fully saturated rings. The second-order valence-corrected chi connectivity index (χ2v) is 5.48. The van der Waals surface area contributed by atoms with Gasteiger partial charge in [0.1, 0.15) is 0 Å². The van der Waals surface area contributed by atoms with E-state index >= 15 is 0 Å². The number of aryl methyl sites for hydroxylation is 1. The average Bonchev–Trinajstić information content (AvgIpc) is 3.21. The second-order valence-electron chi connectivity index (χ2n) is 5.07. The Labute approximate surface area is 154 Å². The summed E-state index contributed by atoms with van der Waals surface area (Å²) in [6, 6.07) is 3.82. The molecule has 2 aromatic heterocycles. The number of hydrogen-bond acceptors (Lipinski definition) is 10. The van der Waals surface area contributed by atoms with E-state index in [0.29, 0.717) is 0 Å². The molecule has 3 N–H and O–H groups in total. The van der Waals surface area contributed by atoms with E-state index in [1.54, 1.807) is 6.92 Å². The third-order valence-corrected chi connectivity index (χ3v) is 3.65. The van der Waals surface area contributed by atoms with E-state index in [2.05, 4.69) is 35.8 Å². The largest absolute Gasteiger partial charge is 0.378 e. The Hall–Kier alpha value is -3.87. The minimum Gasteiger partial charge on any atom is -0.378 e. The quantitative estimate of drug-likeness (QED) is 0.362. The Bertz CT molecular complexity index is 1060. The number of nitro groups is 1. The smallest absolute Gasteiger partial charge is 0.292 e. The minimum atomic E-state index is -0.683. The molecule has 138 valence electrons. The predicted molar refractivity (Wildman–Crippen MR) is 91.5 cm³/mol. The summed E-state index contributed by atoms with van der Waals surface area (Å²) >= 11 is 5.96. The molecule has 0 aliphatic rings. The standard InChI is InChI=1S/C13H10ClN9O4/c1-6-10(22(21-17-6)12-11(15)19-27-20-12)13(24)18-16-5-7-4-8(23(25)26)2-3-9(7)14/h2-5H,1H3,(H2,15,19)(H,18,24)/b16-5+. The highest BCUT2D eigenvalue weighted by Gasteiger charge is 2.22. The van der Waals surface area contributed by atoms with Crippen molar-refractivity contribution in [1.29, 1.82) is 0 Å². The van der Waals surface area contributed by atoms with Gasteiger partial charge >= 0.3 is 0 Å². The molecular weight excluding hydrogens is 382 g/mol. The van der Waals surface area contributed by atoms with Crippen LogP contribution in [0.25, 0.3) is 5.82 Å². The van der Waals surface area contributed by atoms with E-state index in [1.165, 1.54) is 24.4 Å². The number of anilines is 1. The lowest BCUT2D eigenvalue weighted by atomic mass is 10.2. The maximum atomic E-state index is 12.4. The number of nitrogens with two attached hydrogens (primary N) is 1. The molecule has 14 heteroatoms. The summed E-state index contributed by atoms with van der Waals surface area (Å²) in [4.78, 5) is 22.7. The summed E-state index contributed by atoms with van der Waals surface area (Å²) < 4.78 is 5.53. The fourth-order valence-corrected chi connectivity index (χ4v) is 2.23. The van der Waals surface area contributed by atoms with Gasteiger partial charge in [0.25, 0.3) is 11.6 Å². The van der Waals surface area contributed by atoms with Gasteiger partial charge in [-0.25, -0.2) is 10.1 Å². The number of amides is 1. The molecular formula is C13H10ClN9O4. The van der Waals surface area contributed by atoms with Crippen LogP contribution in [0.3, 0.4) is 0 Å².